The van der Waals surface area contributed by atoms with E-state index in [9.17, 15) is 14.3 Å². The zero-order valence-corrected chi connectivity index (χ0v) is 24.3. The molecular weight excluding hydrogens is 568 g/mol. The van der Waals surface area contributed by atoms with Gasteiger partial charge < -0.3 is 29.9 Å². The Morgan fingerprint density at radius 2 is 2.02 bits per heavy atom. The van der Waals surface area contributed by atoms with Gasteiger partial charge in [-0.2, -0.15) is 4.98 Å². The molecule has 2 N–H and O–H groups in total. The zero-order valence-electron chi connectivity index (χ0n) is 24.3. The summed E-state index contributed by atoms with van der Waals surface area (Å²) in [4.78, 5) is 32.1. The SMILES string of the molecule is C#Cc1c(F)ccc2cc(O)cc(-c3ncc4c(N5CCOCC(NC(=O)C=C)C5)nc(N5CC(N(C)C)C5)nc4c3F)c12. The van der Waals surface area contributed by atoms with Crippen molar-refractivity contribution in [2.75, 3.05) is 63.3 Å². The minimum atomic E-state index is -0.765. The van der Waals surface area contributed by atoms with Crippen LogP contribution in [0.25, 0.3) is 32.9 Å². The first-order valence-corrected chi connectivity index (χ1v) is 14.1. The number of hydrogen-bond donors (Lipinski definition) is 2. The quantitative estimate of drug-likeness (QED) is 0.256. The molecule has 1 atom stereocenters. The van der Waals surface area contributed by atoms with Gasteiger partial charge in [-0.15, -0.1) is 6.42 Å². The van der Waals surface area contributed by atoms with Crippen LogP contribution in [0.4, 0.5) is 20.5 Å². The van der Waals surface area contributed by atoms with Crippen LogP contribution in [0.1, 0.15) is 5.56 Å². The van der Waals surface area contributed by atoms with Crippen LogP contribution >= 0.6 is 0 Å². The van der Waals surface area contributed by atoms with E-state index < -0.39 is 11.6 Å². The van der Waals surface area contributed by atoms with Crippen LogP contribution in [0.3, 0.4) is 0 Å². The van der Waals surface area contributed by atoms with Gasteiger partial charge in [0.1, 0.15) is 28.6 Å². The number of fused-ring (bicyclic) bond motifs is 2. The van der Waals surface area contributed by atoms with E-state index in [1.807, 2.05) is 23.9 Å². The Balaban J connectivity index is 1.53. The highest BCUT2D eigenvalue weighted by Gasteiger charge is 2.33. The summed E-state index contributed by atoms with van der Waals surface area (Å²) >= 11 is 0. The minimum absolute atomic E-state index is 0.00954. The molecule has 2 aromatic heterocycles. The summed E-state index contributed by atoms with van der Waals surface area (Å²) < 4.78 is 37.2. The molecule has 2 aliphatic heterocycles. The van der Waals surface area contributed by atoms with Gasteiger partial charge in [-0.1, -0.05) is 18.6 Å². The van der Waals surface area contributed by atoms with Crippen molar-refractivity contribution in [2.45, 2.75) is 12.1 Å². The van der Waals surface area contributed by atoms with Crippen LogP contribution < -0.4 is 15.1 Å². The lowest BCUT2D eigenvalue weighted by Gasteiger charge is -2.43. The molecule has 0 aliphatic carbocycles. The maximum Gasteiger partial charge on any atom is 0.243 e. The number of nitrogens with zero attached hydrogens (tertiary/aromatic N) is 6. The molecule has 0 spiro atoms. The molecule has 0 bridgehead atoms. The number of aromatic nitrogens is 3. The first-order valence-electron chi connectivity index (χ1n) is 14.1. The summed E-state index contributed by atoms with van der Waals surface area (Å²) in [5, 5.41) is 14.4. The smallest absolute Gasteiger partial charge is 0.243 e. The van der Waals surface area contributed by atoms with Crippen LogP contribution in [-0.2, 0) is 9.53 Å². The Hall–Kier alpha value is -4.86. The molecule has 2 aromatic carbocycles. The Morgan fingerprint density at radius 1 is 1.23 bits per heavy atom. The number of benzene rings is 2. The Kier molecular flexibility index (Phi) is 7.75. The second-order valence-electron chi connectivity index (χ2n) is 11.1. The fourth-order valence-electron chi connectivity index (χ4n) is 5.65. The van der Waals surface area contributed by atoms with Crippen LogP contribution in [0.2, 0.25) is 0 Å². The predicted molar refractivity (Wildman–Crippen MR) is 165 cm³/mol. The summed E-state index contributed by atoms with van der Waals surface area (Å²) in [5.41, 5.74) is -0.0487. The number of aromatic hydroxyl groups is 1. The third kappa shape index (κ3) is 5.25. The summed E-state index contributed by atoms with van der Waals surface area (Å²) in [7, 11) is 3.99. The number of carbonyl (C=O) groups is 1. The van der Waals surface area contributed by atoms with E-state index in [2.05, 4.69) is 32.7 Å². The molecule has 1 unspecified atom stereocenters. The first-order chi connectivity index (χ1) is 21.2. The first kappa shape index (κ1) is 29.2. The van der Waals surface area contributed by atoms with Gasteiger partial charge in [0, 0.05) is 49.4 Å². The van der Waals surface area contributed by atoms with Crippen LogP contribution in [0.5, 0.6) is 5.75 Å². The number of anilines is 2. The molecule has 2 fully saturated rings. The normalized spacial score (nSPS) is 17.4. The number of phenolic OH excluding ortho intramolecular Hbond substituents is 1. The maximum atomic E-state index is 16.7. The molecule has 0 saturated carbocycles. The molecule has 44 heavy (non-hydrogen) atoms. The third-order valence-corrected chi connectivity index (χ3v) is 8.08. The van der Waals surface area contributed by atoms with Crippen molar-refractivity contribution < 1.29 is 23.4 Å². The summed E-state index contributed by atoms with van der Waals surface area (Å²) in [6.45, 7) is 6.25. The Morgan fingerprint density at radius 3 is 2.75 bits per heavy atom. The van der Waals surface area contributed by atoms with Crippen molar-refractivity contribution in [3.8, 4) is 29.4 Å². The van der Waals surface area contributed by atoms with Gasteiger partial charge in [0.2, 0.25) is 11.9 Å². The lowest BCUT2D eigenvalue weighted by Crippen LogP contribution is -2.58. The molecule has 2 saturated heterocycles. The zero-order chi connectivity index (χ0) is 31.1. The van der Waals surface area contributed by atoms with E-state index in [0.717, 1.165) is 0 Å². The maximum absolute atomic E-state index is 16.7. The molecule has 226 valence electrons. The second kappa shape index (κ2) is 11.7. The minimum Gasteiger partial charge on any atom is -0.508 e. The van der Waals surface area contributed by atoms with Crippen LogP contribution in [0.15, 0.2) is 43.1 Å². The fourth-order valence-corrected chi connectivity index (χ4v) is 5.65. The van der Waals surface area contributed by atoms with E-state index >= 15 is 4.39 Å². The summed E-state index contributed by atoms with van der Waals surface area (Å²) in [6, 6.07) is 5.35. The van der Waals surface area contributed by atoms with Crippen LogP contribution in [-0.4, -0.2) is 96.4 Å². The molecule has 1 amide bonds. The van der Waals surface area contributed by atoms with Gasteiger partial charge in [0.05, 0.1) is 30.2 Å². The second-order valence-corrected chi connectivity index (χ2v) is 11.1. The summed E-state index contributed by atoms with van der Waals surface area (Å²) in [6.07, 6.45) is 8.33. The number of amides is 1. The third-order valence-electron chi connectivity index (χ3n) is 8.08. The molecular formula is C32H31F2N7O3. The average Bonchev–Trinajstić information content (AvgIpc) is 3.21. The predicted octanol–water partition coefficient (Wildman–Crippen LogP) is 3.07. The number of likely N-dealkylation sites (N-methyl/N-ethyl adjacent to an activating group) is 1. The number of hydrogen-bond acceptors (Lipinski definition) is 9. The standard InChI is InChI=1S/C32H31F2N7O3/c1-5-22-25(33)8-7-18-11-21(42)12-23(27(18)22)29-28(34)30-24(13-35-29)31(38-32(37-30)41-15-20(16-41)39(3)4)40-9-10-44-17-19(14-40)36-26(43)6-2/h1,6-8,11-13,19-20,42H,2,9-10,14-17H2,3-4H3,(H,36,43). The van der Waals surface area contributed by atoms with Crippen molar-refractivity contribution in [1.82, 2.24) is 25.2 Å². The molecule has 10 nitrogen and oxygen atoms in total. The number of rotatable bonds is 6. The Bertz CT molecular complexity index is 1840. The van der Waals surface area contributed by atoms with Crippen molar-refractivity contribution in [1.29, 1.82) is 0 Å². The van der Waals surface area contributed by atoms with E-state index in [4.69, 9.17) is 16.1 Å². The number of carbonyl (C=O) groups excluding carboxylic acids is 1. The molecule has 4 aromatic rings. The summed E-state index contributed by atoms with van der Waals surface area (Å²) in [5.74, 6) is 1.25. The van der Waals surface area contributed by atoms with E-state index in [-0.39, 0.29) is 58.1 Å². The number of pyridine rings is 1. The van der Waals surface area contributed by atoms with Crippen molar-refractivity contribution in [3.05, 3.63) is 60.3 Å². The van der Waals surface area contributed by atoms with Crippen molar-refractivity contribution in [2.24, 2.45) is 0 Å². The highest BCUT2D eigenvalue weighted by Crippen LogP contribution is 2.39. The molecule has 4 heterocycles. The van der Waals surface area contributed by atoms with E-state index in [1.165, 1.54) is 36.5 Å². The lowest BCUT2D eigenvalue weighted by atomic mass is 9.96. The van der Waals surface area contributed by atoms with Gasteiger partial charge in [0.15, 0.2) is 5.82 Å². The Labute approximate surface area is 253 Å². The number of nitrogens with one attached hydrogen (secondary N) is 1. The molecule has 0 radical (unpaired) electrons. The van der Waals surface area contributed by atoms with Gasteiger partial charge >= 0.3 is 0 Å². The number of ether oxygens (including phenoxy) is 1. The molecule has 6 rings (SSSR count). The lowest BCUT2D eigenvalue weighted by molar-refractivity contribution is -0.117. The van der Waals surface area contributed by atoms with Gasteiger partial charge in [-0.05, 0) is 43.8 Å². The number of halogens is 2. The van der Waals surface area contributed by atoms with Gasteiger partial charge in [-0.3, -0.25) is 9.78 Å². The van der Waals surface area contributed by atoms with E-state index in [1.54, 1.807) is 0 Å². The topological polar surface area (TPSA) is 107 Å². The molecule has 12 heteroatoms. The monoisotopic (exact) mass is 599 g/mol. The van der Waals surface area contributed by atoms with Gasteiger partial charge in [0.25, 0.3) is 0 Å². The highest BCUT2D eigenvalue weighted by atomic mass is 19.1. The van der Waals surface area contributed by atoms with Crippen LogP contribution in [0, 0.1) is 24.0 Å². The van der Waals surface area contributed by atoms with Crippen molar-refractivity contribution >= 4 is 39.3 Å². The largest absolute Gasteiger partial charge is 0.508 e. The average molecular weight is 600 g/mol. The fraction of sp³-hybridized carbons (Fsp3) is 0.312. The van der Waals surface area contributed by atoms with E-state index in [0.29, 0.717) is 55.3 Å². The molecule has 2 aliphatic rings. The van der Waals surface area contributed by atoms with Gasteiger partial charge in [-0.25, -0.2) is 13.8 Å². The highest BCUT2D eigenvalue weighted by molar-refractivity contribution is 6.03. The number of terminal acetylenes is 1. The number of phenols is 1. The van der Waals surface area contributed by atoms with Crippen molar-refractivity contribution in [3.63, 3.8) is 0 Å².